The first-order chi connectivity index (χ1) is 11.2. The Balaban J connectivity index is 1.36. The average molecular weight is 334 g/mol. The Morgan fingerprint density at radius 1 is 1.30 bits per heavy atom. The van der Waals surface area contributed by atoms with Gasteiger partial charge in [0.15, 0.2) is 0 Å². The molecule has 1 saturated heterocycles. The van der Waals surface area contributed by atoms with Crippen molar-refractivity contribution in [1.82, 2.24) is 10.2 Å². The monoisotopic (exact) mass is 334 g/mol. The molecule has 2 heterocycles. The molecule has 1 aromatic heterocycles. The summed E-state index contributed by atoms with van der Waals surface area (Å²) >= 11 is 1.58. The molecule has 0 radical (unpaired) electrons. The van der Waals surface area contributed by atoms with Crippen LogP contribution >= 0.6 is 11.3 Å². The Bertz CT molecular complexity index is 614. The van der Waals surface area contributed by atoms with Gasteiger partial charge in [-0.15, -0.1) is 11.3 Å². The highest BCUT2D eigenvalue weighted by Crippen LogP contribution is 2.39. The molecule has 2 fully saturated rings. The van der Waals surface area contributed by atoms with E-state index in [0.29, 0.717) is 19.8 Å². The van der Waals surface area contributed by atoms with E-state index < -0.39 is 0 Å². The number of morpholine rings is 1. The molecule has 2 amide bonds. The van der Waals surface area contributed by atoms with Crippen molar-refractivity contribution in [3.63, 3.8) is 0 Å². The van der Waals surface area contributed by atoms with Crippen molar-refractivity contribution in [1.29, 1.82) is 0 Å². The van der Waals surface area contributed by atoms with E-state index in [-0.39, 0.29) is 23.9 Å². The zero-order valence-corrected chi connectivity index (χ0v) is 14.0. The predicted octanol–water partition coefficient (Wildman–Crippen LogP) is 1.75. The van der Waals surface area contributed by atoms with Crippen LogP contribution in [0.2, 0.25) is 0 Å². The van der Waals surface area contributed by atoms with E-state index in [1.54, 1.807) is 11.3 Å². The van der Waals surface area contributed by atoms with Crippen molar-refractivity contribution in [2.24, 2.45) is 0 Å². The van der Waals surface area contributed by atoms with Crippen LogP contribution in [0, 0.1) is 0 Å². The first-order valence-corrected chi connectivity index (χ1v) is 9.28. The van der Waals surface area contributed by atoms with Crippen LogP contribution in [-0.4, -0.2) is 48.6 Å². The number of nitrogens with one attached hydrogen (secondary N) is 1. The van der Waals surface area contributed by atoms with Gasteiger partial charge in [-0.05, 0) is 50.2 Å². The summed E-state index contributed by atoms with van der Waals surface area (Å²) in [5, 5.41) is 2.81. The minimum atomic E-state index is -0.117. The summed E-state index contributed by atoms with van der Waals surface area (Å²) in [5.41, 5.74) is 1.22. The van der Waals surface area contributed by atoms with Crippen molar-refractivity contribution in [3.05, 3.63) is 21.4 Å². The standard InChI is InChI=1S/C17H22N2O3S/c20-15(19-7-8-22-11-17(19)5-2-6-17)10-18-16(21)14-9-12-3-1-4-13(12)23-14/h9H,1-8,10-11H2,(H,18,21). The van der Waals surface area contributed by atoms with E-state index >= 15 is 0 Å². The Morgan fingerprint density at radius 2 is 2.17 bits per heavy atom. The maximum Gasteiger partial charge on any atom is 0.261 e. The maximum absolute atomic E-state index is 12.5. The number of hydrogen-bond donors (Lipinski definition) is 1. The highest BCUT2D eigenvalue weighted by Gasteiger charge is 2.46. The van der Waals surface area contributed by atoms with E-state index in [1.807, 2.05) is 11.0 Å². The molecule has 2 aliphatic carbocycles. The van der Waals surface area contributed by atoms with Crippen molar-refractivity contribution in [3.8, 4) is 0 Å². The quantitative estimate of drug-likeness (QED) is 0.916. The number of nitrogens with zero attached hydrogens (tertiary/aromatic N) is 1. The molecule has 0 unspecified atom stereocenters. The molecule has 1 N–H and O–H groups in total. The molecule has 0 atom stereocenters. The summed E-state index contributed by atoms with van der Waals surface area (Å²) in [5.74, 6) is -0.0980. The van der Waals surface area contributed by atoms with Crippen molar-refractivity contribution in [2.45, 2.75) is 44.1 Å². The van der Waals surface area contributed by atoms with E-state index in [0.717, 1.165) is 37.0 Å². The smallest absolute Gasteiger partial charge is 0.261 e. The molecule has 5 nitrogen and oxygen atoms in total. The second-order valence-corrected chi connectivity index (χ2v) is 7.91. The highest BCUT2D eigenvalue weighted by molar-refractivity contribution is 7.14. The second-order valence-electron chi connectivity index (χ2n) is 6.77. The van der Waals surface area contributed by atoms with E-state index in [4.69, 9.17) is 4.74 Å². The lowest BCUT2D eigenvalue weighted by atomic mass is 9.75. The Hall–Kier alpha value is -1.40. The first-order valence-electron chi connectivity index (χ1n) is 8.46. The Labute approximate surface area is 140 Å². The van der Waals surface area contributed by atoms with Gasteiger partial charge in [0.1, 0.15) is 0 Å². The van der Waals surface area contributed by atoms with Gasteiger partial charge in [0.25, 0.3) is 5.91 Å². The van der Waals surface area contributed by atoms with Crippen LogP contribution in [0.4, 0.5) is 0 Å². The van der Waals surface area contributed by atoms with Crippen LogP contribution < -0.4 is 5.32 Å². The molecule has 124 valence electrons. The van der Waals surface area contributed by atoms with E-state index in [2.05, 4.69) is 5.32 Å². The van der Waals surface area contributed by atoms with Crippen LogP contribution in [0.25, 0.3) is 0 Å². The van der Waals surface area contributed by atoms with Gasteiger partial charge in [-0.1, -0.05) is 0 Å². The minimum Gasteiger partial charge on any atom is -0.377 e. The van der Waals surface area contributed by atoms with Crippen LogP contribution in [0.1, 0.15) is 45.8 Å². The Kier molecular flexibility index (Phi) is 3.89. The summed E-state index contributed by atoms with van der Waals surface area (Å²) < 4.78 is 5.56. The Morgan fingerprint density at radius 3 is 2.91 bits per heavy atom. The lowest BCUT2D eigenvalue weighted by Crippen LogP contribution is -2.64. The second kappa shape index (κ2) is 5.91. The van der Waals surface area contributed by atoms with Gasteiger partial charge in [-0.2, -0.15) is 0 Å². The summed E-state index contributed by atoms with van der Waals surface area (Å²) in [6, 6.07) is 2.00. The molecular formula is C17H22N2O3S. The number of hydrogen-bond acceptors (Lipinski definition) is 4. The third-order valence-corrected chi connectivity index (χ3v) is 6.59. The molecule has 1 aliphatic heterocycles. The van der Waals surface area contributed by atoms with Gasteiger partial charge in [0.2, 0.25) is 5.91 Å². The molecule has 1 aromatic rings. The normalized spacial score (nSPS) is 21.8. The molecule has 6 heteroatoms. The third-order valence-electron chi connectivity index (χ3n) is 5.36. The fourth-order valence-corrected chi connectivity index (χ4v) is 5.07. The van der Waals surface area contributed by atoms with Gasteiger partial charge in [0.05, 0.1) is 30.2 Å². The van der Waals surface area contributed by atoms with Gasteiger partial charge < -0.3 is 15.0 Å². The fourth-order valence-electron chi connectivity index (χ4n) is 3.90. The zero-order chi connectivity index (χ0) is 15.9. The largest absolute Gasteiger partial charge is 0.377 e. The maximum atomic E-state index is 12.5. The molecule has 0 bridgehead atoms. The molecule has 23 heavy (non-hydrogen) atoms. The molecule has 4 rings (SSSR count). The summed E-state index contributed by atoms with van der Waals surface area (Å²) in [6.45, 7) is 1.97. The number of amides is 2. The van der Waals surface area contributed by atoms with Crippen LogP contribution in [0.15, 0.2) is 6.07 Å². The fraction of sp³-hybridized carbons (Fsp3) is 0.647. The number of fused-ring (bicyclic) bond motifs is 1. The van der Waals surface area contributed by atoms with Crippen molar-refractivity contribution >= 4 is 23.2 Å². The topological polar surface area (TPSA) is 58.6 Å². The molecular weight excluding hydrogens is 312 g/mol. The highest BCUT2D eigenvalue weighted by atomic mass is 32.1. The average Bonchev–Trinajstić information content (AvgIpc) is 3.12. The van der Waals surface area contributed by atoms with E-state index in [9.17, 15) is 9.59 Å². The van der Waals surface area contributed by atoms with Gasteiger partial charge in [0, 0.05) is 11.4 Å². The lowest BCUT2D eigenvalue weighted by molar-refractivity contribution is -0.157. The van der Waals surface area contributed by atoms with E-state index in [1.165, 1.54) is 16.9 Å². The number of thiophene rings is 1. The predicted molar refractivity (Wildman–Crippen MR) is 87.8 cm³/mol. The number of rotatable bonds is 3. The minimum absolute atomic E-state index is 0.0189. The lowest BCUT2D eigenvalue weighted by Gasteiger charge is -2.52. The van der Waals surface area contributed by atoms with Crippen molar-refractivity contribution in [2.75, 3.05) is 26.3 Å². The number of carbonyl (C=O) groups is 2. The molecule has 3 aliphatic rings. The van der Waals surface area contributed by atoms with Crippen LogP contribution in [0.5, 0.6) is 0 Å². The van der Waals surface area contributed by atoms with Crippen LogP contribution in [0.3, 0.4) is 0 Å². The van der Waals surface area contributed by atoms with Crippen molar-refractivity contribution < 1.29 is 14.3 Å². The van der Waals surface area contributed by atoms with Gasteiger partial charge in [-0.25, -0.2) is 0 Å². The number of carbonyl (C=O) groups excluding carboxylic acids is 2. The SMILES string of the molecule is O=C(NCC(=O)N1CCOCC12CCC2)c1cc2c(s1)CCC2. The third kappa shape index (κ3) is 2.68. The molecule has 1 spiro atoms. The van der Waals surface area contributed by atoms with Gasteiger partial charge in [-0.3, -0.25) is 9.59 Å². The first kappa shape index (κ1) is 15.1. The number of ether oxygens (including phenoxy) is 1. The van der Waals surface area contributed by atoms with Gasteiger partial charge >= 0.3 is 0 Å². The molecule has 0 aromatic carbocycles. The summed E-state index contributed by atoms with van der Waals surface area (Å²) in [4.78, 5) is 28.8. The number of aryl methyl sites for hydroxylation is 2. The molecule has 1 saturated carbocycles. The zero-order valence-electron chi connectivity index (χ0n) is 13.2. The summed E-state index contributed by atoms with van der Waals surface area (Å²) in [7, 11) is 0. The van der Waals surface area contributed by atoms with Crippen LogP contribution in [-0.2, 0) is 22.4 Å². The summed E-state index contributed by atoms with van der Waals surface area (Å²) in [6.07, 6.45) is 6.55.